The lowest BCUT2D eigenvalue weighted by atomic mass is 9.89. The van der Waals surface area contributed by atoms with Crippen molar-refractivity contribution in [3.8, 4) is 11.3 Å². The largest absolute Gasteiger partial charge is 0.356 e. The molecule has 1 saturated carbocycles. The monoisotopic (exact) mass is 440 g/mol. The molecule has 0 unspecified atom stereocenters. The van der Waals surface area contributed by atoms with E-state index >= 15 is 0 Å². The van der Waals surface area contributed by atoms with Crippen LogP contribution >= 0.6 is 0 Å². The second-order valence-corrected chi connectivity index (χ2v) is 8.27. The van der Waals surface area contributed by atoms with Gasteiger partial charge in [0.2, 0.25) is 12.3 Å². The normalized spacial score (nSPS) is 15.7. The number of nitrogens with zero attached hydrogens (tertiary/aromatic N) is 2. The highest BCUT2D eigenvalue weighted by atomic mass is 16.1. The van der Waals surface area contributed by atoms with Crippen molar-refractivity contribution in [2.45, 2.75) is 85.1 Å². The number of carbonyl (C=O) groups excluding carboxylic acids is 2. The summed E-state index contributed by atoms with van der Waals surface area (Å²) in [4.78, 5) is 20.9. The van der Waals surface area contributed by atoms with Gasteiger partial charge in [0.05, 0.1) is 5.69 Å². The minimum absolute atomic E-state index is 0.204. The highest BCUT2D eigenvalue weighted by molar-refractivity contribution is 5.77. The number of nitrogens with one attached hydrogen (secondary N) is 2. The van der Waals surface area contributed by atoms with E-state index < -0.39 is 0 Å². The highest BCUT2D eigenvalue weighted by Crippen LogP contribution is 2.29. The van der Waals surface area contributed by atoms with Crippen molar-refractivity contribution in [1.82, 2.24) is 15.1 Å². The molecule has 32 heavy (non-hydrogen) atoms. The molecule has 2 N–H and O–H groups in total. The molecule has 2 heterocycles. The van der Waals surface area contributed by atoms with E-state index in [2.05, 4.69) is 51.6 Å². The lowest BCUT2D eigenvalue weighted by Gasteiger charge is -2.22. The van der Waals surface area contributed by atoms with E-state index in [9.17, 15) is 9.59 Å². The minimum atomic E-state index is 0.204. The van der Waals surface area contributed by atoms with Gasteiger partial charge in [0.25, 0.3) is 0 Å². The van der Waals surface area contributed by atoms with Gasteiger partial charge in [0.1, 0.15) is 0 Å². The molecule has 4 rings (SSSR count). The number of amides is 2. The summed E-state index contributed by atoms with van der Waals surface area (Å²) < 4.78 is 2.09. The molecule has 2 fully saturated rings. The van der Waals surface area contributed by atoms with Crippen LogP contribution in [0.2, 0.25) is 0 Å². The van der Waals surface area contributed by atoms with Crippen molar-refractivity contribution in [3.63, 3.8) is 0 Å². The summed E-state index contributed by atoms with van der Waals surface area (Å²) in [6.07, 6.45) is 11.3. The molecule has 2 aliphatic rings. The number of benzene rings is 1. The third kappa shape index (κ3) is 8.13. The Morgan fingerprint density at radius 3 is 2.53 bits per heavy atom. The maximum atomic E-state index is 10.8. The molecule has 0 spiro atoms. The predicted octanol–water partition coefficient (Wildman–Crippen LogP) is 5.57. The maximum Gasteiger partial charge on any atom is 0.220 e. The standard InChI is InChI=1S/C20H27N3O.C4H7NO.C2H6/c1-2-7-16-10-6-11-18(12-16)19-13-20(21-15-24)22-23(19)14-17-8-4-3-5-9-17;6-4-2-1-3-5-4;1-2/h6,10-13,15,17H,2-5,7-9,14H2,1H3,(H,21,22,24);1-3H2,(H,5,6);1-2H3. The van der Waals surface area contributed by atoms with E-state index in [-0.39, 0.29) is 5.91 Å². The lowest BCUT2D eigenvalue weighted by molar-refractivity contribution is -0.119. The highest BCUT2D eigenvalue weighted by Gasteiger charge is 2.18. The Morgan fingerprint density at radius 2 is 1.94 bits per heavy atom. The first kappa shape index (κ1) is 25.6. The molecule has 176 valence electrons. The summed E-state index contributed by atoms with van der Waals surface area (Å²) in [5.74, 6) is 1.53. The average molecular weight is 441 g/mol. The summed E-state index contributed by atoms with van der Waals surface area (Å²) >= 11 is 0. The smallest absolute Gasteiger partial charge is 0.220 e. The summed E-state index contributed by atoms with van der Waals surface area (Å²) in [6, 6.07) is 10.7. The minimum Gasteiger partial charge on any atom is -0.356 e. The number of carbonyl (C=O) groups is 2. The molecular weight excluding hydrogens is 400 g/mol. The molecule has 1 saturated heterocycles. The summed E-state index contributed by atoms with van der Waals surface area (Å²) in [5, 5.41) is 10.0. The third-order valence-electron chi connectivity index (χ3n) is 5.81. The van der Waals surface area contributed by atoms with Crippen LogP contribution in [0.4, 0.5) is 5.82 Å². The first-order valence-corrected chi connectivity index (χ1v) is 12.3. The van der Waals surface area contributed by atoms with Crippen LogP contribution in [0.15, 0.2) is 30.3 Å². The Labute approximate surface area is 193 Å². The molecule has 2 aromatic rings. The van der Waals surface area contributed by atoms with Crippen LogP contribution in [0.25, 0.3) is 11.3 Å². The van der Waals surface area contributed by atoms with E-state index in [1.807, 2.05) is 19.9 Å². The Balaban J connectivity index is 0.000000387. The van der Waals surface area contributed by atoms with E-state index in [0.29, 0.717) is 18.1 Å². The Bertz CT molecular complexity index is 817. The van der Waals surface area contributed by atoms with Gasteiger partial charge in [-0.25, -0.2) is 0 Å². The second-order valence-electron chi connectivity index (χ2n) is 8.27. The zero-order chi connectivity index (χ0) is 23.2. The molecular formula is C26H40N4O2. The number of hydrogen-bond donors (Lipinski definition) is 2. The van der Waals surface area contributed by atoms with Crippen LogP contribution in [-0.4, -0.2) is 28.6 Å². The number of aromatic nitrogens is 2. The van der Waals surface area contributed by atoms with Crippen LogP contribution in [0.3, 0.4) is 0 Å². The fraction of sp³-hybridized carbons (Fsp3) is 0.577. The quantitative estimate of drug-likeness (QED) is 0.552. The van der Waals surface area contributed by atoms with Gasteiger partial charge in [0.15, 0.2) is 5.82 Å². The molecule has 1 aromatic carbocycles. The second kappa shape index (κ2) is 14.4. The van der Waals surface area contributed by atoms with Crippen molar-refractivity contribution in [3.05, 3.63) is 35.9 Å². The lowest BCUT2D eigenvalue weighted by Crippen LogP contribution is -2.16. The van der Waals surface area contributed by atoms with Gasteiger partial charge in [-0.3, -0.25) is 14.3 Å². The average Bonchev–Trinajstić information content (AvgIpc) is 3.46. The molecule has 0 radical (unpaired) electrons. The van der Waals surface area contributed by atoms with E-state index in [0.717, 1.165) is 44.5 Å². The fourth-order valence-corrected chi connectivity index (χ4v) is 4.27. The van der Waals surface area contributed by atoms with E-state index in [4.69, 9.17) is 0 Å². The van der Waals surface area contributed by atoms with Crippen LogP contribution < -0.4 is 10.6 Å². The predicted molar refractivity (Wildman–Crippen MR) is 132 cm³/mol. The summed E-state index contributed by atoms with van der Waals surface area (Å²) in [5.41, 5.74) is 3.64. The number of hydrogen-bond acceptors (Lipinski definition) is 3. The molecule has 0 bridgehead atoms. The van der Waals surface area contributed by atoms with Crippen LogP contribution in [0, 0.1) is 5.92 Å². The van der Waals surface area contributed by atoms with Gasteiger partial charge < -0.3 is 10.6 Å². The van der Waals surface area contributed by atoms with Gasteiger partial charge in [-0.05, 0) is 43.2 Å². The Hall–Kier alpha value is -2.63. The molecule has 6 nitrogen and oxygen atoms in total. The zero-order valence-corrected chi connectivity index (χ0v) is 20.0. The summed E-state index contributed by atoms with van der Waals surface area (Å²) in [7, 11) is 0. The van der Waals surface area contributed by atoms with Crippen molar-refractivity contribution in [2.24, 2.45) is 5.92 Å². The Kier molecular flexibility index (Phi) is 11.6. The third-order valence-corrected chi connectivity index (χ3v) is 5.81. The van der Waals surface area contributed by atoms with E-state index in [1.54, 1.807) is 0 Å². The van der Waals surface area contributed by atoms with Gasteiger partial charge >= 0.3 is 0 Å². The van der Waals surface area contributed by atoms with Crippen LogP contribution in [0.1, 0.15) is 77.7 Å². The van der Waals surface area contributed by atoms with Gasteiger partial charge in [-0.1, -0.05) is 64.7 Å². The van der Waals surface area contributed by atoms with Crippen molar-refractivity contribution in [1.29, 1.82) is 0 Å². The molecule has 2 amide bonds. The first-order chi connectivity index (χ1) is 15.7. The molecule has 1 aliphatic heterocycles. The number of aryl methyl sites for hydroxylation is 1. The SMILES string of the molecule is CC.CCCc1cccc(-c2cc(NC=O)nn2CC2CCCCC2)c1.O=C1CCCN1. The number of rotatable bonds is 7. The number of anilines is 1. The molecule has 1 aliphatic carbocycles. The van der Waals surface area contributed by atoms with Crippen LogP contribution in [-0.2, 0) is 22.6 Å². The molecule has 1 aromatic heterocycles. The fourth-order valence-electron chi connectivity index (χ4n) is 4.27. The molecule has 0 atom stereocenters. The van der Waals surface area contributed by atoms with Gasteiger partial charge in [0, 0.05) is 31.1 Å². The molecule has 6 heteroatoms. The van der Waals surface area contributed by atoms with Crippen LogP contribution in [0.5, 0.6) is 0 Å². The van der Waals surface area contributed by atoms with Crippen molar-refractivity contribution < 1.29 is 9.59 Å². The topological polar surface area (TPSA) is 76.0 Å². The summed E-state index contributed by atoms with van der Waals surface area (Å²) in [6.45, 7) is 8.03. The van der Waals surface area contributed by atoms with Crippen molar-refractivity contribution >= 4 is 18.1 Å². The van der Waals surface area contributed by atoms with Crippen molar-refractivity contribution in [2.75, 3.05) is 11.9 Å². The first-order valence-electron chi connectivity index (χ1n) is 12.3. The Morgan fingerprint density at radius 1 is 1.16 bits per heavy atom. The van der Waals surface area contributed by atoms with Gasteiger partial charge in [-0.15, -0.1) is 0 Å². The van der Waals surface area contributed by atoms with E-state index in [1.165, 1.54) is 43.2 Å². The van der Waals surface area contributed by atoms with Gasteiger partial charge in [-0.2, -0.15) is 5.10 Å². The zero-order valence-electron chi connectivity index (χ0n) is 20.0. The maximum absolute atomic E-state index is 10.8.